The molecule has 0 spiro atoms. The van der Waals surface area contributed by atoms with E-state index in [9.17, 15) is 9.18 Å². The third kappa shape index (κ3) is 1.37. The smallest absolute Gasteiger partial charge is 0.263 e. The zero-order valence-electron chi connectivity index (χ0n) is 10.2. The summed E-state index contributed by atoms with van der Waals surface area (Å²) in [4.78, 5) is 12.3. The summed E-state index contributed by atoms with van der Waals surface area (Å²) < 4.78 is 15.4. The van der Waals surface area contributed by atoms with Crippen LogP contribution in [0.3, 0.4) is 0 Å². The van der Waals surface area contributed by atoms with Gasteiger partial charge in [0, 0.05) is 11.3 Å². The van der Waals surface area contributed by atoms with E-state index in [1.807, 2.05) is 19.9 Å². The normalized spacial score (nSPS) is 13.7. The van der Waals surface area contributed by atoms with Crippen molar-refractivity contribution < 1.29 is 9.18 Å². The average Bonchev–Trinajstić information content (AvgIpc) is 2.80. The Bertz CT molecular complexity index is 695. The van der Waals surface area contributed by atoms with E-state index in [4.69, 9.17) is 0 Å². The van der Waals surface area contributed by atoms with E-state index in [2.05, 4.69) is 0 Å². The Morgan fingerprint density at radius 3 is 2.56 bits per heavy atom. The van der Waals surface area contributed by atoms with Gasteiger partial charge in [-0.1, -0.05) is 18.2 Å². The average molecular weight is 241 g/mol. The van der Waals surface area contributed by atoms with Crippen molar-refractivity contribution in [3.63, 3.8) is 0 Å². The van der Waals surface area contributed by atoms with Gasteiger partial charge in [-0.3, -0.25) is 9.36 Å². The lowest BCUT2D eigenvalue weighted by Crippen LogP contribution is -2.10. The summed E-state index contributed by atoms with van der Waals surface area (Å²) in [6, 6.07) is 8.32. The molecule has 1 aromatic heterocycles. The monoisotopic (exact) mass is 241 g/mol. The van der Waals surface area contributed by atoms with E-state index in [1.165, 1.54) is 6.07 Å². The first-order valence-corrected chi connectivity index (χ1v) is 5.80. The molecule has 0 radical (unpaired) electrons. The molecule has 0 bridgehead atoms. The minimum Gasteiger partial charge on any atom is -0.281 e. The maximum absolute atomic E-state index is 13.7. The highest BCUT2D eigenvalue weighted by atomic mass is 19.1. The highest BCUT2D eigenvalue weighted by Crippen LogP contribution is 2.32. The molecule has 1 aliphatic heterocycles. The Morgan fingerprint density at radius 1 is 1.17 bits per heavy atom. The standard InChI is InChI=1S/C15H12FNO/c1-9-7-10(2)17-14(9)8-12(15(17)18)11-5-3-4-6-13(11)16/h3-8H,1-2H3. The third-order valence-corrected chi connectivity index (χ3v) is 3.30. The second-order valence-electron chi connectivity index (χ2n) is 4.53. The van der Waals surface area contributed by atoms with Crippen molar-refractivity contribution in [2.24, 2.45) is 0 Å². The lowest BCUT2D eigenvalue weighted by atomic mass is 10.0. The first-order valence-electron chi connectivity index (χ1n) is 5.80. The molecule has 1 aromatic carbocycles. The molecule has 2 heterocycles. The van der Waals surface area contributed by atoms with Crippen molar-refractivity contribution >= 4 is 17.6 Å². The van der Waals surface area contributed by atoms with Gasteiger partial charge >= 0.3 is 0 Å². The number of benzene rings is 1. The molecule has 90 valence electrons. The maximum Gasteiger partial charge on any atom is 0.263 e. The molecule has 0 saturated heterocycles. The molecule has 2 nitrogen and oxygen atoms in total. The van der Waals surface area contributed by atoms with Gasteiger partial charge in [0.1, 0.15) is 5.82 Å². The number of hydrogen-bond donors (Lipinski definition) is 0. The number of hydrogen-bond acceptors (Lipinski definition) is 1. The van der Waals surface area contributed by atoms with Crippen molar-refractivity contribution in [1.82, 2.24) is 4.57 Å². The highest BCUT2D eigenvalue weighted by molar-refractivity contribution is 6.29. The SMILES string of the molecule is Cc1cc(C)n2c1C=C(c1ccccc1F)C2=O. The van der Waals surface area contributed by atoms with Crippen LogP contribution in [-0.2, 0) is 0 Å². The Balaban J connectivity index is 2.19. The molecular formula is C15H12FNO. The molecule has 3 heteroatoms. The van der Waals surface area contributed by atoms with Crippen molar-refractivity contribution in [1.29, 1.82) is 0 Å². The van der Waals surface area contributed by atoms with Gasteiger partial charge in [0.2, 0.25) is 0 Å². The minimum absolute atomic E-state index is 0.152. The van der Waals surface area contributed by atoms with Gasteiger partial charge < -0.3 is 0 Å². The highest BCUT2D eigenvalue weighted by Gasteiger charge is 2.27. The van der Waals surface area contributed by atoms with E-state index in [0.29, 0.717) is 11.1 Å². The van der Waals surface area contributed by atoms with Gasteiger partial charge in [-0.25, -0.2) is 4.39 Å². The molecule has 3 rings (SSSR count). The van der Waals surface area contributed by atoms with E-state index in [1.54, 1.807) is 28.8 Å². The summed E-state index contributed by atoms with van der Waals surface area (Å²) in [5, 5.41) is 0. The zero-order chi connectivity index (χ0) is 12.9. The third-order valence-electron chi connectivity index (χ3n) is 3.30. The van der Waals surface area contributed by atoms with Crippen LogP contribution in [0, 0.1) is 19.7 Å². The molecular weight excluding hydrogens is 229 g/mol. The maximum atomic E-state index is 13.7. The molecule has 18 heavy (non-hydrogen) atoms. The van der Waals surface area contributed by atoms with Gasteiger partial charge in [0.05, 0.1) is 11.3 Å². The van der Waals surface area contributed by atoms with Crippen molar-refractivity contribution in [2.45, 2.75) is 13.8 Å². The zero-order valence-corrected chi connectivity index (χ0v) is 10.2. The Hall–Kier alpha value is -2.16. The van der Waals surface area contributed by atoms with Crippen LogP contribution in [0.1, 0.15) is 27.3 Å². The summed E-state index contributed by atoms with van der Waals surface area (Å²) >= 11 is 0. The predicted octanol–water partition coefficient (Wildman–Crippen LogP) is 3.44. The van der Waals surface area contributed by atoms with Crippen molar-refractivity contribution in [2.75, 3.05) is 0 Å². The molecule has 0 N–H and O–H groups in total. The minimum atomic E-state index is -0.363. The lowest BCUT2D eigenvalue weighted by Gasteiger charge is -2.04. The molecule has 2 aromatic rings. The summed E-state index contributed by atoms with van der Waals surface area (Å²) in [7, 11) is 0. The molecule has 0 saturated carbocycles. The first kappa shape index (κ1) is 11.0. The molecule has 0 amide bonds. The fourth-order valence-corrected chi connectivity index (χ4v) is 2.46. The fraction of sp³-hybridized carbons (Fsp3) is 0.133. The van der Waals surface area contributed by atoms with Gasteiger partial charge in [-0.2, -0.15) is 0 Å². The quantitative estimate of drug-likeness (QED) is 0.749. The van der Waals surface area contributed by atoms with Crippen molar-refractivity contribution in [3.05, 3.63) is 58.7 Å². The number of rotatable bonds is 1. The number of aryl methyl sites for hydroxylation is 2. The van der Waals surface area contributed by atoms with Gasteiger partial charge in [-0.05, 0) is 37.6 Å². The summed E-state index contributed by atoms with van der Waals surface area (Å²) in [5.41, 5.74) is 3.57. The summed E-state index contributed by atoms with van der Waals surface area (Å²) in [6.07, 6.45) is 1.77. The number of nitrogens with zero attached hydrogens (tertiary/aromatic N) is 1. The Labute approximate surface area is 104 Å². The van der Waals surface area contributed by atoms with Crippen LogP contribution in [0.25, 0.3) is 11.6 Å². The molecule has 1 aliphatic rings. The number of carbonyl (C=O) groups excluding carboxylic acids is 1. The second kappa shape index (κ2) is 3.67. The van der Waals surface area contributed by atoms with Crippen LogP contribution in [0.4, 0.5) is 4.39 Å². The van der Waals surface area contributed by atoms with Crippen LogP contribution >= 0.6 is 0 Å². The first-order chi connectivity index (χ1) is 8.59. The molecule has 0 unspecified atom stereocenters. The number of halogens is 1. The van der Waals surface area contributed by atoms with E-state index in [0.717, 1.165) is 17.0 Å². The largest absolute Gasteiger partial charge is 0.281 e. The number of fused-ring (bicyclic) bond motifs is 1. The summed E-state index contributed by atoms with van der Waals surface area (Å²) in [6.45, 7) is 3.83. The summed E-state index contributed by atoms with van der Waals surface area (Å²) in [5.74, 6) is -0.515. The van der Waals surface area contributed by atoms with Gasteiger partial charge in [0.25, 0.3) is 5.91 Å². The van der Waals surface area contributed by atoms with Crippen LogP contribution in [0.2, 0.25) is 0 Å². The van der Waals surface area contributed by atoms with Crippen molar-refractivity contribution in [3.8, 4) is 0 Å². The number of aromatic nitrogens is 1. The number of allylic oxidation sites excluding steroid dienone is 1. The Kier molecular flexibility index (Phi) is 2.23. The molecule has 0 fully saturated rings. The van der Waals surface area contributed by atoms with E-state index < -0.39 is 0 Å². The molecule has 0 aliphatic carbocycles. The van der Waals surface area contributed by atoms with E-state index in [-0.39, 0.29) is 11.7 Å². The lowest BCUT2D eigenvalue weighted by molar-refractivity contribution is 0.0982. The molecule has 0 atom stereocenters. The van der Waals surface area contributed by atoms with Gasteiger partial charge in [-0.15, -0.1) is 0 Å². The van der Waals surface area contributed by atoms with Crippen LogP contribution in [0.15, 0.2) is 30.3 Å². The van der Waals surface area contributed by atoms with E-state index >= 15 is 0 Å². The number of carbonyl (C=O) groups is 1. The van der Waals surface area contributed by atoms with Crippen LogP contribution in [-0.4, -0.2) is 10.5 Å². The Morgan fingerprint density at radius 2 is 1.89 bits per heavy atom. The van der Waals surface area contributed by atoms with Crippen LogP contribution in [0.5, 0.6) is 0 Å². The second-order valence-corrected chi connectivity index (χ2v) is 4.53. The fourth-order valence-electron chi connectivity index (χ4n) is 2.46. The van der Waals surface area contributed by atoms with Gasteiger partial charge in [0.15, 0.2) is 0 Å². The predicted molar refractivity (Wildman–Crippen MR) is 68.8 cm³/mol. The topological polar surface area (TPSA) is 22.0 Å². The van der Waals surface area contributed by atoms with Crippen LogP contribution < -0.4 is 0 Å².